The minimum absolute atomic E-state index is 0.0800. The van der Waals surface area contributed by atoms with Crippen molar-refractivity contribution in [1.29, 1.82) is 0 Å². The third-order valence-corrected chi connectivity index (χ3v) is 4.62. The fourth-order valence-electron chi connectivity index (χ4n) is 3.38. The zero-order valence-electron chi connectivity index (χ0n) is 13.4. The largest absolute Gasteiger partial charge is 0.401 e. The van der Waals surface area contributed by atoms with Gasteiger partial charge in [-0.2, -0.15) is 13.2 Å². The molecule has 1 N–H and O–H groups in total. The summed E-state index contributed by atoms with van der Waals surface area (Å²) < 4.78 is 37.4. The smallest absolute Gasteiger partial charge is 0.394 e. The van der Waals surface area contributed by atoms with Crippen LogP contribution in [0.5, 0.6) is 0 Å². The van der Waals surface area contributed by atoms with Gasteiger partial charge in [0, 0.05) is 38.8 Å². The van der Waals surface area contributed by atoms with E-state index in [2.05, 4.69) is 14.9 Å². The van der Waals surface area contributed by atoms with Gasteiger partial charge in [-0.05, 0) is 12.8 Å². The van der Waals surface area contributed by atoms with Crippen LogP contribution in [0.3, 0.4) is 0 Å². The summed E-state index contributed by atoms with van der Waals surface area (Å²) in [5.74, 6) is 1.50. The number of anilines is 2. The number of piperazine rings is 1. The Morgan fingerprint density at radius 3 is 2.46 bits per heavy atom. The van der Waals surface area contributed by atoms with Crippen molar-refractivity contribution < 1.29 is 18.3 Å². The van der Waals surface area contributed by atoms with Gasteiger partial charge in [0.1, 0.15) is 18.0 Å². The third-order valence-electron chi connectivity index (χ3n) is 4.62. The van der Waals surface area contributed by atoms with E-state index in [0.717, 1.165) is 31.0 Å². The predicted octanol–water partition coefficient (Wildman–Crippen LogP) is 1.12. The summed E-state index contributed by atoms with van der Waals surface area (Å²) in [4.78, 5) is 14.0. The lowest BCUT2D eigenvalue weighted by molar-refractivity contribution is -0.146. The highest BCUT2D eigenvalue weighted by atomic mass is 19.4. The summed E-state index contributed by atoms with van der Waals surface area (Å²) >= 11 is 0. The summed E-state index contributed by atoms with van der Waals surface area (Å²) in [6.45, 7) is 1.83. The van der Waals surface area contributed by atoms with Crippen molar-refractivity contribution in [2.75, 3.05) is 55.7 Å². The predicted molar refractivity (Wildman–Crippen MR) is 84.2 cm³/mol. The second-order valence-corrected chi connectivity index (χ2v) is 6.28. The molecule has 2 fully saturated rings. The summed E-state index contributed by atoms with van der Waals surface area (Å²) in [5, 5.41) is 9.44. The maximum atomic E-state index is 12.5. The molecule has 3 rings (SSSR count). The van der Waals surface area contributed by atoms with Crippen LogP contribution in [0.15, 0.2) is 12.4 Å². The van der Waals surface area contributed by atoms with E-state index in [0.29, 0.717) is 26.2 Å². The van der Waals surface area contributed by atoms with Gasteiger partial charge < -0.3 is 14.9 Å². The number of halogens is 3. The molecule has 0 saturated carbocycles. The molecule has 1 unspecified atom stereocenters. The number of alkyl halides is 3. The van der Waals surface area contributed by atoms with Crippen molar-refractivity contribution in [3.8, 4) is 0 Å². The number of hydrogen-bond donors (Lipinski definition) is 1. The highest BCUT2D eigenvalue weighted by molar-refractivity contribution is 5.51. The lowest BCUT2D eigenvalue weighted by atomic mass is 10.2. The van der Waals surface area contributed by atoms with Crippen molar-refractivity contribution in [1.82, 2.24) is 14.9 Å². The summed E-state index contributed by atoms with van der Waals surface area (Å²) in [6.07, 6.45) is -0.717. The van der Waals surface area contributed by atoms with E-state index < -0.39 is 12.7 Å². The quantitative estimate of drug-likeness (QED) is 0.883. The van der Waals surface area contributed by atoms with Crippen LogP contribution in [0.4, 0.5) is 24.8 Å². The molecule has 0 spiro atoms. The topological polar surface area (TPSA) is 55.7 Å². The van der Waals surface area contributed by atoms with Crippen LogP contribution in [0, 0.1) is 0 Å². The molecular formula is C15H22F3N5O. The van der Waals surface area contributed by atoms with Crippen LogP contribution >= 0.6 is 0 Å². The standard InChI is InChI=1S/C15H22F3N5O/c16-15(17,18)10-21-4-6-22(7-5-21)13-8-14(20-11-19-13)23-3-1-2-12(23)9-24/h8,11-12,24H,1-7,9-10H2. The number of nitrogens with zero attached hydrogens (tertiary/aromatic N) is 5. The Kier molecular flexibility index (Phi) is 5.09. The molecule has 0 amide bonds. The minimum atomic E-state index is -4.15. The Hall–Kier alpha value is -1.61. The van der Waals surface area contributed by atoms with E-state index in [4.69, 9.17) is 0 Å². The normalized spacial score (nSPS) is 23.1. The van der Waals surface area contributed by atoms with Gasteiger partial charge in [0.15, 0.2) is 0 Å². The fourth-order valence-corrected chi connectivity index (χ4v) is 3.38. The van der Waals surface area contributed by atoms with Crippen LogP contribution in [-0.4, -0.2) is 78.1 Å². The molecule has 3 heterocycles. The molecule has 1 atom stereocenters. The minimum Gasteiger partial charge on any atom is -0.394 e. The summed E-state index contributed by atoms with van der Waals surface area (Å²) in [5.41, 5.74) is 0. The van der Waals surface area contributed by atoms with Crippen LogP contribution in [0.25, 0.3) is 0 Å². The van der Waals surface area contributed by atoms with Gasteiger partial charge in [-0.15, -0.1) is 0 Å². The zero-order valence-corrected chi connectivity index (χ0v) is 13.4. The van der Waals surface area contributed by atoms with E-state index in [9.17, 15) is 18.3 Å². The van der Waals surface area contributed by atoms with Crippen LogP contribution in [0.2, 0.25) is 0 Å². The van der Waals surface area contributed by atoms with Crippen molar-refractivity contribution in [2.24, 2.45) is 0 Å². The Morgan fingerprint density at radius 1 is 1.08 bits per heavy atom. The molecule has 0 aromatic carbocycles. The number of hydrogen-bond acceptors (Lipinski definition) is 6. The number of aliphatic hydroxyl groups is 1. The molecule has 0 aliphatic carbocycles. The Bertz CT molecular complexity index is 548. The molecule has 0 bridgehead atoms. The first kappa shape index (κ1) is 17.2. The van der Waals surface area contributed by atoms with E-state index in [1.165, 1.54) is 11.2 Å². The maximum absolute atomic E-state index is 12.5. The number of aliphatic hydroxyl groups excluding tert-OH is 1. The molecule has 134 valence electrons. The molecule has 6 nitrogen and oxygen atoms in total. The molecule has 2 aliphatic heterocycles. The first-order valence-electron chi connectivity index (χ1n) is 8.20. The Balaban J connectivity index is 1.63. The molecule has 24 heavy (non-hydrogen) atoms. The molecule has 1 aromatic rings. The summed E-state index contributed by atoms with van der Waals surface area (Å²) in [7, 11) is 0. The molecule has 2 saturated heterocycles. The van der Waals surface area contributed by atoms with Crippen molar-refractivity contribution >= 4 is 11.6 Å². The van der Waals surface area contributed by atoms with E-state index in [-0.39, 0.29) is 12.6 Å². The third kappa shape index (κ3) is 4.07. The van der Waals surface area contributed by atoms with Crippen molar-refractivity contribution in [3.05, 3.63) is 12.4 Å². The molecule has 0 radical (unpaired) electrons. The molecule has 2 aliphatic rings. The zero-order chi connectivity index (χ0) is 17.2. The monoisotopic (exact) mass is 345 g/mol. The van der Waals surface area contributed by atoms with Crippen molar-refractivity contribution in [3.63, 3.8) is 0 Å². The van der Waals surface area contributed by atoms with Crippen LogP contribution in [0.1, 0.15) is 12.8 Å². The van der Waals surface area contributed by atoms with Gasteiger partial charge in [0.05, 0.1) is 19.2 Å². The SMILES string of the molecule is OCC1CCCN1c1cc(N2CCN(CC(F)(F)F)CC2)ncn1. The lowest BCUT2D eigenvalue weighted by Crippen LogP contribution is -2.49. The number of rotatable bonds is 4. The highest BCUT2D eigenvalue weighted by Crippen LogP contribution is 2.26. The average molecular weight is 345 g/mol. The van der Waals surface area contributed by atoms with Gasteiger partial charge in [0.25, 0.3) is 0 Å². The Morgan fingerprint density at radius 2 is 1.79 bits per heavy atom. The Labute approximate surface area is 138 Å². The summed E-state index contributed by atoms with van der Waals surface area (Å²) in [6, 6.07) is 1.95. The maximum Gasteiger partial charge on any atom is 0.401 e. The van der Waals surface area contributed by atoms with Crippen LogP contribution in [-0.2, 0) is 0 Å². The van der Waals surface area contributed by atoms with E-state index >= 15 is 0 Å². The van der Waals surface area contributed by atoms with Gasteiger partial charge in [-0.1, -0.05) is 0 Å². The lowest BCUT2D eigenvalue weighted by Gasteiger charge is -2.36. The first-order chi connectivity index (χ1) is 11.5. The van der Waals surface area contributed by atoms with E-state index in [1.54, 1.807) is 0 Å². The van der Waals surface area contributed by atoms with Crippen molar-refractivity contribution in [2.45, 2.75) is 25.1 Å². The van der Waals surface area contributed by atoms with Gasteiger partial charge in [0.2, 0.25) is 0 Å². The van der Waals surface area contributed by atoms with Gasteiger partial charge in [-0.3, -0.25) is 4.90 Å². The van der Waals surface area contributed by atoms with Gasteiger partial charge >= 0.3 is 6.18 Å². The van der Waals surface area contributed by atoms with E-state index in [1.807, 2.05) is 11.0 Å². The number of aromatic nitrogens is 2. The average Bonchev–Trinajstić information content (AvgIpc) is 3.03. The van der Waals surface area contributed by atoms with Crippen LogP contribution < -0.4 is 9.80 Å². The molecular weight excluding hydrogens is 323 g/mol. The molecule has 9 heteroatoms. The first-order valence-corrected chi connectivity index (χ1v) is 8.20. The second-order valence-electron chi connectivity index (χ2n) is 6.28. The molecule has 1 aromatic heterocycles. The second kappa shape index (κ2) is 7.10. The fraction of sp³-hybridized carbons (Fsp3) is 0.733. The van der Waals surface area contributed by atoms with Gasteiger partial charge in [-0.25, -0.2) is 9.97 Å². The highest BCUT2D eigenvalue weighted by Gasteiger charge is 2.32.